The van der Waals surface area contributed by atoms with E-state index >= 15 is 0 Å². The summed E-state index contributed by atoms with van der Waals surface area (Å²) >= 11 is 0. The van der Waals surface area contributed by atoms with Crippen LogP contribution in [-0.4, -0.2) is 32.3 Å². The molecule has 0 aliphatic heterocycles. The van der Waals surface area contributed by atoms with E-state index in [-0.39, 0.29) is 27.0 Å². The van der Waals surface area contributed by atoms with Gasteiger partial charge in [0.25, 0.3) is 26.0 Å². The van der Waals surface area contributed by atoms with Crippen LogP contribution >= 0.6 is 0 Å². The van der Waals surface area contributed by atoms with E-state index in [1.54, 1.807) is 72.8 Å². The SMILES string of the molecule is CCCn1c(NC(=O)c2cccc(NS(=O)(=O)c3ccccc3)c2)nc2cc(NS(=O)(=O)c3ccccc3)ccc21. The third-order valence-corrected chi connectivity index (χ3v) is 8.95. The normalized spacial score (nSPS) is 11.7. The molecule has 0 unspecified atom stereocenters. The highest BCUT2D eigenvalue weighted by molar-refractivity contribution is 7.93. The van der Waals surface area contributed by atoms with Crippen LogP contribution in [0.1, 0.15) is 23.7 Å². The molecule has 1 aromatic heterocycles. The molecule has 5 aromatic rings. The summed E-state index contributed by atoms with van der Waals surface area (Å²) in [6.07, 6.45) is 0.757. The number of amides is 1. The third kappa shape index (κ3) is 6.23. The summed E-state index contributed by atoms with van der Waals surface area (Å²) in [6, 6.07) is 27.1. The van der Waals surface area contributed by atoms with Gasteiger partial charge >= 0.3 is 0 Å². The highest BCUT2D eigenvalue weighted by Gasteiger charge is 2.19. The topological polar surface area (TPSA) is 139 Å². The summed E-state index contributed by atoms with van der Waals surface area (Å²) in [5, 5.41) is 2.81. The lowest BCUT2D eigenvalue weighted by Crippen LogP contribution is -2.17. The number of hydrogen-bond acceptors (Lipinski definition) is 6. The van der Waals surface area contributed by atoms with E-state index in [4.69, 9.17) is 0 Å². The Morgan fingerprint density at radius 1 is 0.732 bits per heavy atom. The van der Waals surface area contributed by atoms with Crippen LogP contribution in [0.3, 0.4) is 0 Å². The Kier molecular flexibility index (Phi) is 7.77. The van der Waals surface area contributed by atoms with Gasteiger partial charge in [-0.25, -0.2) is 21.8 Å². The quantitative estimate of drug-likeness (QED) is 0.202. The molecule has 1 amide bonds. The number of aromatic nitrogens is 2. The monoisotopic (exact) mass is 589 g/mol. The Hall–Kier alpha value is -4.68. The first-order valence-corrected chi connectivity index (χ1v) is 15.7. The number of carbonyl (C=O) groups is 1. The van der Waals surface area contributed by atoms with Gasteiger partial charge in [-0.15, -0.1) is 0 Å². The second kappa shape index (κ2) is 11.4. The molecule has 0 saturated heterocycles. The van der Waals surface area contributed by atoms with Crippen LogP contribution in [0.5, 0.6) is 0 Å². The molecule has 3 N–H and O–H groups in total. The largest absolute Gasteiger partial charge is 0.310 e. The minimum absolute atomic E-state index is 0.105. The van der Waals surface area contributed by atoms with Crippen molar-refractivity contribution in [1.82, 2.24) is 9.55 Å². The van der Waals surface area contributed by atoms with E-state index in [0.717, 1.165) is 6.42 Å². The number of hydrogen-bond donors (Lipinski definition) is 3. The van der Waals surface area contributed by atoms with E-state index in [2.05, 4.69) is 19.7 Å². The van der Waals surface area contributed by atoms with Crippen molar-refractivity contribution in [1.29, 1.82) is 0 Å². The van der Waals surface area contributed by atoms with Crippen molar-refractivity contribution in [3.8, 4) is 0 Å². The fraction of sp³-hybridized carbons (Fsp3) is 0.103. The molecule has 0 saturated carbocycles. The van der Waals surface area contributed by atoms with Gasteiger partial charge in [-0.05, 0) is 67.1 Å². The van der Waals surface area contributed by atoms with E-state index < -0.39 is 26.0 Å². The van der Waals surface area contributed by atoms with E-state index in [1.165, 1.54) is 30.3 Å². The van der Waals surface area contributed by atoms with Crippen molar-refractivity contribution in [3.05, 3.63) is 109 Å². The summed E-state index contributed by atoms with van der Waals surface area (Å²) in [4.78, 5) is 18.0. The molecule has 1 heterocycles. The minimum Gasteiger partial charge on any atom is -0.310 e. The second-order valence-electron chi connectivity index (χ2n) is 9.16. The van der Waals surface area contributed by atoms with Crippen LogP contribution in [-0.2, 0) is 26.6 Å². The zero-order valence-corrected chi connectivity index (χ0v) is 23.6. The summed E-state index contributed by atoms with van der Waals surface area (Å²) < 4.78 is 57.9. The number of aryl methyl sites for hydroxylation is 1. The van der Waals surface area contributed by atoms with Gasteiger partial charge in [0.2, 0.25) is 5.95 Å². The fourth-order valence-electron chi connectivity index (χ4n) is 4.26. The number of carbonyl (C=O) groups excluding carboxylic acids is 1. The zero-order valence-electron chi connectivity index (χ0n) is 22.0. The first-order valence-electron chi connectivity index (χ1n) is 12.7. The fourth-order valence-corrected chi connectivity index (χ4v) is 6.40. The lowest BCUT2D eigenvalue weighted by molar-refractivity contribution is 0.102. The molecule has 10 nitrogen and oxygen atoms in total. The van der Waals surface area contributed by atoms with Gasteiger partial charge in [-0.2, -0.15) is 0 Å². The van der Waals surface area contributed by atoms with E-state index in [1.807, 2.05) is 11.5 Å². The minimum atomic E-state index is -3.83. The highest BCUT2D eigenvalue weighted by atomic mass is 32.2. The summed E-state index contributed by atoms with van der Waals surface area (Å²) in [7, 11) is -7.62. The maximum atomic E-state index is 13.2. The maximum Gasteiger partial charge on any atom is 0.261 e. The summed E-state index contributed by atoms with van der Waals surface area (Å²) in [5.41, 5.74) is 2.00. The molecule has 0 atom stereocenters. The molecule has 210 valence electrons. The first kappa shape index (κ1) is 27.9. The number of anilines is 3. The molecular weight excluding hydrogens is 562 g/mol. The van der Waals surface area contributed by atoms with Gasteiger partial charge < -0.3 is 4.57 Å². The Bertz CT molecular complexity index is 1920. The Balaban J connectivity index is 1.39. The van der Waals surface area contributed by atoms with Crippen LogP contribution < -0.4 is 14.8 Å². The second-order valence-corrected chi connectivity index (χ2v) is 12.5. The molecule has 5 rings (SSSR count). The van der Waals surface area contributed by atoms with Crippen molar-refractivity contribution in [2.75, 3.05) is 14.8 Å². The third-order valence-electron chi connectivity index (χ3n) is 6.16. The van der Waals surface area contributed by atoms with Gasteiger partial charge in [0.15, 0.2) is 0 Å². The Morgan fingerprint density at radius 3 is 1.90 bits per heavy atom. The van der Waals surface area contributed by atoms with E-state index in [9.17, 15) is 21.6 Å². The molecule has 0 radical (unpaired) electrons. The molecule has 0 spiro atoms. The number of nitrogens with zero attached hydrogens (tertiary/aromatic N) is 2. The number of nitrogens with one attached hydrogen (secondary N) is 3. The van der Waals surface area contributed by atoms with Crippen LogP contribution in [0.15, 0.2) is 113 Å². The van der Waals surface area contributed by atoms with Gasteiger partial charge in [0, 0.05) is 17.8 Å². The van der Waals surface area contributed by atoms with Gasteiger partial charge in [-0.1, -0.05) is 49.4 Å². The number of benzene rings is 4. The molecule has 0 aliphatic rings. The molecule has 4 aromatic carbocycles. The molecule has 12 heteroatoms. The lowest BCUT2D eigenvalue weighted by atomic mass is 10.2. The number of imidazole rings is 1. The Morgan fingerprint density at radius 2 is 1.32 bits per heavy atom. The van der Waals surface area contributed by atoms with Gasteiger partial charge in [0.1, 0.15) is 0 Å². The van der Waals surface area contributed by atoms with Crippen molar-refractivity contribution in [2.45, 2.75) is 29.7 Å². The van der Waals surface area contributed by atoms with E-state index in [0.29, 0.717) is 23.3 Å². The number of fused-ring (bicyclic) bond motifs is 1. The number of sulfonamides is 2. The average Bonchev–Trinajstić information content (AvgIpc) is 3.29. The predicted molar refractivity (Wildman–Crippen MR) is 159 cm³/mol. The molecule has 0 bridgehead atoms. The van der Waals surface area contributed by atoms with Gasteiger partial charge in [0.05, 0.1) is 26.5 Å². The Labute approximate surface area is 238 Å². The zero-order chi connectivity index (χ0) is 29.0. The van der Waals surface area contributed by atoms with Crippen LogP contribution in [0.4, 0.5) is 17.3 Å². The maximum absolute atomic E-state index is 13.2. The molecule has 0 aliphatic carbocycles. The standard InChI is InChI=1S/C29H27N5O5S2/c1-2-18-34-27-17-16-23(33-41(38,39)25-14-7-4-8-15-25)20-26(27)30-29(34)31-28(35)21-10-9-11-22(19-21)32-40(36,37)24-12-5-3-6-13-24/h3-17,19-20,32-33H,2,18H2,1H3,(H,30,31,35). The highest BCUT2D eigenvalue weighted by Crippen LogP contribution is 2.26. The molecule has 41 heavy (non-hydrogen) atoms. The van der Waals surface area contributed by atoms with Crippen molar-refractivity contribution < 1.29 is 21.6 Å². The lowest BCUT2D eigenvalue weighted by Gasteiger charge is -2.11. The smallest absolute Gasteiger partial charge is 0.261 e. The van der Waals surface area contributed by atoms with Crippen molar-refractivity contribution in [2.24, 2.45) is 0 Å². The van der Waals surface area contributed by atoms with Crippen LogP contribution in [0.25, 0.3) is 11.0 Å². The number of rotatable bonds is 10. The molecule has 0 fully saturated rings. The molecular formula is C29H27N5O5S2. The van der Waals surface area contributed by atoms with Crippen LogP contribution in [0.2, 0.25) is 0 Å². The summed E-state index contributed by atoms with van der Waals surface area (Å²) in [6.45, 7) is 2.54. The predicted octanol–water partition coefficient (Wildman–Crippen LogP) is 5.30. The first-order chi connectivity index (χ1) is 19.7. The summed E-state index contributed by atoms with van der Waals surface area (Å²) in [5.74, 6) is -0.200. The van der Waals surface area contributed by atoms with Gasteiger partial charge in [-0.3, -0.25) is 19.6 Å². The van der Waals surface area contributed by atoms with Crippen molar-refractivity contribution >= 4 is 54.3 Å². The average molecular weight is 590 g/mol. The van der Waals surface area contributed by atoms with Crippen molar-refractivity contribution in [3.63, 3.8) is 0 Å². The van der Waals surface area contributed by atoms with Crippen LogP contribution in [0, 0.1) is 0 Å².